The van der Waals surface area contributed by atoms with Gasteiger partial charge in [0.1, 0.15) is 0 Å². The second kappa shape index (κ2) is 15.8. The van der Waals surface area contributed by atoms with Crippen LogP contribution in [0.4, 0.5) is 0 Å². The molecule has 0 atom stereocenters. The summed E-state index contributed by atoms with van der Waals surface area (Å²) in [6.07, 6.45) is 20.4. The molecule has 0 aromatic rings. The summed E-state index contributed by atoms with van der Waals surface area (Å²) in [6, 6.07) is 0. The van der Waals surface area contributed by atoms with E-state index in [1.54, 1.807) is 0 Å². The number of allylic oxidation sites excluding steroid dienone is 2. The molecule has 112 valence electrons. The third-order valence-corrected chi connectivity index (χ3v) is 3.57. The number of halogens is 1. The van der Waals surface area contributed by atoms with Gasteiger partial charge < -0.3 is 0 Å². The van der Waals surface area contributed by atoms with Crippen molar-refractivity contribution in [3.05, 3.63) is 12.2 Å². The SMILES string of the molecule is CCCCCC/C=C/CCCCCCCCC(=O)Cl. The monoisotopic (exact) mass is 286 g/mol. The lowest BCUT2D eigenvalue weighted by Gasteiger charge is -1.99. The summed E-state index contributed by atoms with van der Waals surface area (Å²) in [6.45, 7) is 2.25. The Labute approximate surface area is 124 Å². The lowest BCUT2D eigenvalue weighted by molar-refractivity contribution is -0.111. The van der Waals surface area contributed by atoms with Crippen LogP contribution in [0.15, 0.2) is 12.2 Å². The van der Waals surface area contributed by atoms with Gasteiger partial charge in [0, 0.05) is 6.42 Å². The number of carbonyl (C=O) groups excluding carboxylic acids is 1. The van der Waals surface area contributed by atoms with Crippen LogP contribution in [-0.2, 0) is 4.79 Å². The number of unbranched alkanes of at least 4 members (excludes halogenated alkanes) is 10. The molecule has 0 aliphatic carbocycles. The van der Waals surface area contributed by atoms with E-state index in [0.717, 1.165) is 12.8 Å². The molecule has 2 heteroatoms. The van der Waals surface area contributed by atoms with Gasteiger partial charge in [-0.1, -0.05) is 64.0 Å². The molecule has 1 nitrogen and oxygen atoms in total. The minimum Gasteiger partial charge on any atom is -0.281 e. The highest BCUT2D eigenvalue weighted by Gasteiger charge is 1.95. The normalized spacial score (nSPS) is 11.3. The maximum atomic E-state index is 10.5. The topological polar surface area (TPSA) is 17.1 Å². The van der Waals surface area contributed by atoms with E-state index in [9.17, 15) is 4.79 Å². The summed E-state index contributed by atoms with van der Waals surface area (Å²) >= 11 is 5.28. The maximum Gasteiger partial charge on any atom is 0.221 e. The number of hydrogen-bond donors (Lipinski definition) is 0. The number of rotatable bonds is 14. The molecule has 0 saturated heterocycles. The first-order valence-electron chi connectivity index (χ1n) is 8.10. The van der Waals surface area contributed by atoms with E-state index >= 15 is 0 Å². The third kappa shape index (κ3) is 17.7. The average molecular weight is 287 g/mol. The fraction of sp³-hybridized carbons (Fsp3) is 0.824. The molecule has 0 rings (SSSR count). The largest absolute Gasteiger partial charge is 0.281 e. The molecule has 0 bridgehead atoms. The van der Waals surface area contributed by atoms with Crippen molar-refractivity contribution in [1.82, 2.24) is 0 Å². The lowest BCUT2D eigenvalue weighted by Crippen LogP contribution is -1.86. The molecule has 0 fully saturated rings. The van der Waals surface area contributed by atoms with Gasteiger partial charge in [-0.3, -0.25) is 4.79 Å². The van der Waals surface area contributed by atoms with Crippen molar-refractivity contribution in [3.8, 4) is 0 Å². The molecule has 0 amide bonds. The van der Waals surface area contributed by atoms with Gasteiger partial charge in [-0.2, -0.15) is 0 Å². The summed E-state index contributed by atoms with van der Waals surface area (Å²) in [7, 11) is 0. The van der Waals surface area contributed by atoms with Crippen molar-refractivity contribution in [3.63, 3.8) is 0 Å². The zero-order valence-corrected chi connectivity index (χ0v) is 13.4. The number of hydrogen-bond acceptors (Lipinski definition) is 1. The summed E-state index contributed by atoms with van der Waals surface area (Å²) in [5.74, 6) is 0. The summed E-state index contributed by atoms with van der Waals surface area (Å²) in [5, 5.41) is -0.191. The van der Waals surface area contributed by atoms with E-state index in [4.69, 9.17) is 11.6 Å². The molecule has 0 heterocycles. The van der Waals surface area contributed by atoms with Crippen molar-refractivity contribution in [1.29, 1.82) is 0 Å². The molecule has 0 aromatic carbocycles. The van der Waals surface area contributed by atoms with Gasteiger partial charge in [0.05, 0.1) is 0 Å². The van der Waals surface area contributed by atoms with Crippen molar-refractivity contribution in [2.45, 2.75) is 90.4 Å². The van der Waals surface area contributed by atoms with Crippen molar-refractivity contribution >= 4 is 16.8 Å². The maximum absolute atomic E-state index is 10.5. The van der Waals surface area contributed by atoms with Crippen LogP contribution in [-0.4, -0.2) is 5.24 Å². The lowest BCUT2D eigenvalue weighted by atomic mass is 10.1. The Kier molecular flexibility index (Phi) is 15.5. The van der Waals surface area contributed by atoms with Crippen LogP contribution in [0, 0.1) is 0 Å². The fourth-order valence-corrected chi connectivity index (χ4v) is 2.29. The standard InChI is InChI=1S/C17H31ClO/c1-2-3-4-5-6-7-8-9-10-11-12-13-14-15-16-17(18)19/h7-8H,2-6,9-16H2,1H3/b8-7+. The Morgan fingerprint density at radius 3 is 1.79 bits per heavy atom. The van der Waals surface area contributed by atoms with E-state index in [2.05, 4.69) is 19.1 Å². The van der Waals surface area contributed by atoms with E-state index in [0.29, 0.717) is 6.42 Å². The molecular weight excluding hydrogens is 256 g/mol. The van der Waals surface area contributed by atoms with Gasteiger partial charge in [-0.25, -0.2) is 0 Å². The van der Waals surface area contributed by atoms with Crippen LogP contribution in [0.1, 0.15) is 90.4 Å². The van der Waals surface area contributed by atoms with Crippen LogP contribution < -0.4 is 0 Å². The van der Waals surface area contributed by atoms with Gasteiger partial charge in [0.15, 0.2) is 0 Å². The highest BCUT2D eigenvalue weighted by atomic mass is 35.5. The Hall–Kier alpha value is -0.300. The first kappa shape index (κ1) is 18.7. The highest BCUT2D eigenvalue weighted by Crippen LogP contribution is 2.10. The van der Waals surface area contributed by atoms with Crippen LogP contribution in [0.25, 0.3) is 0 Å². The van der Waals surface area contributed by atoms with E-state index in [-0.39, 0.29) is 5.24 Å². The smallest absolute Gasteiger partial charge is 0.221 e. The average Bonchev–Trinajstić information content (AvgIpc) is 2.39. The predicted octanol–water partition coefficient (Wildman–Crippen LogP) is 6.40. The van der Waals surface area contributed by atoms with Gasteiger partial charge in [0.2, 0.25) is 5.24 Å². The number of carbonyl (C=O) groups is 1. The zero-order valence-electron chi connectivity index (χ0n) is 12.6. The first-order valence-corrected chi connectivity index (χ1v) is 8.48. The molecule has 19 heavy (non-hydrogen) atoms. The Bertz CT molecular complexity index is 223. The Morgan fingerprint density at radius 1 is 0.789 bits per heavy atom. The molecule has 0 N–H and O–H groups in total. The molecule has 0 aromatic heterocycles. The van der Waals surface area contributed by atoms with Crippen LogP contribution >= 0.6 is 11.6 Å². The van der Waals surface area contributed by atoms with Gasteiger partial charge in [-0.05, 0) is 43.7 Å². The second-order valence-corrected chi connectivity index (χ2v) is 5.76. The van der Waals surface area contributed by atoms with E-state index in [1.807, 2.05) is 0 Å². The van der Waals surface area contributed by atoms with E-state index in [1.165, 1.54) is 64.2 Å². The molecule has 0 saturated carbocycles. The van der Waals surface area contributed by atoms with Crippen LogP contribution in [0.2, 0.25) is 0 Å². The van der Waals surface area contributed by atoms with Gasteiger partial charge in [0.25, 0.3) is 0 Å². The first-order chi connectivity index (χ1) is 9.27. The minimum absolute atomic E-state index is 0.191. The van der Waals surface area contributed by atoms with Crippen molar-refractivity contribution in [2.24, 2.45) is 0 Å². The molecule has 0 radical (unpaired) electrons. The molecular formula is C17H31ClO. The molecule has 0 aliphatic rings. The second-order valence-electron chi connectivity index (χ2n) is 5.34. The Balaban J connectivity index is 3.05. The van der Waals surface area contributed by atoms with Gasteiger partial charge >= 0.3 is 0 Å². The predicted molar refractivity (Wildman–Crippen MR) is 85.7 cm³/mol. The zero-order chi connectivity index (χ0) is 14.2. The van der Waals surface area contributed by atoms with Crippen LogP contribution in [0.3, 0.4) is 0 Å². The van der Waals surface area contributed by atoms with E-state index < -0.39 is 0 Å². The summed E-state index contributed by atoms with van der Waals surface area (Å²) in [5.41, 5.74) is 0. The quantitative estimate of drug-likeness (QED) is 0.205. The third-order valence-electron chi connectivity index (χ3n) is 3.39. The molecule has 0 unspecified atom stereocenters. The molecule has 0 spiro atoms. The van der Waals surface area contributed by atoms with Crippen molar-refractivity contribution in [2.75, 3.05) is 0 Å². The molecule has 0 aliphatic heterocycles. The van der Waals surface area contributed by atoms with Crippen LogP contribution in [0.5, 0.6) is 0 Å². The summed E-state index contributed by atoms with van der Waals surface area (Å²) < 4.78 is 0. The van der Waals surface area contributed by atoms with Gasteiger partial charge in [-0.15, -0.1) is 0 Å². The summed E-state index contributed by atoms with van der Waals surface area (Å²) in [4.78, 5) is 10.5. The Morgan fingerprint density at radius 2 is 1.26 bits per heavy atom. The van der Waals surface area contributed by atoms with Crippen molar-refractivity contribution < 1.29 is 4.79 Å². The fourth-order valence-electron chi connectivity index (χ4n) is 2.16. The minimum atomic E-state index is -0.191. The highest BCUT2D eigenvalue weighted by molar-refractivity contribution is 6.63.